The Morgan fingerprint density at radius 3 is 2.58 bits per heavy atom. The third kappa shape index (κ3) is 5.15. The molecule has 0 spiro atoms. The molecule has 0 aromatic heterocycles. The zero-order valence-electron chi connectivity index (χ0n) is 14.6. The van der Waals surface area contributed by atoms with Gasteiger partial charge in [0.1, 0.15) is 0 Å². The molecule has 0 bridgehead atoms. The van der Waals surface area contributed by atoms with Crippen molar-refractivity contribution < 1.29 is 9.59 Å². The number of anilines is 1. The van der Waals surface area contributed by atoms with Gasteiger partial charge in [0.2, 0.25) is 5.91 Å². The molecule has 0 aliphatic carbocycles. The quantitative estimate of drug-likeness (QED) is 0.800. The van der Waals surface area contributed by atoms with E-state index in [1.165, 1.54) is 5.69 Å². The van der Waals surface area contributed by atoms with Gasteiger partial charge >= 0.3 is 6.03 Å². The van der Waals surface area contributed by atoms with E-state index in [1.54, 1.807) is 4.90 Å². The number of nitrogens with one attached hydrogen (secondary N) is 2. The number of hydrogen-bond acceptors (Lipinski definition) is 3. The third-order valence-electron chi connectivity index (χ3n) is 4.39. The summed E-state index contributed by atoms with van der Waals surface area (Å²) in [6, 6.07) is 10.2. The molecule has 1 aromatic carbocycles. The monoisotopic (exact) mass is 332 g/mol. The van der Waals surface area contributed by atoms with Crippen molar-refractivity contribution in [1.82, 2.24) is 15.5 Å². The molecule has 6 nitrogen and oxygen atoms in total. The Balaban J connectivity index is 1.67. The SMILES string of the molecule is CCN(CC)C(=O)CCNC(=O)N[C@H]1CCN(c2ccccc2)C1. The van der Waals surface area contributed by atoms with E-state index < -0.39 is 0 Å². The van der Waals surface area contributed by atoms with Crippen LogP contribution in [0.5, 0.6) is 0 Å². The van der Waals surface area contributed by atoms with Crippen LogP contribution in [0.2, 0.25) is 0 Å². The number of rotatable bonds is 7. The standard InChI is InChI=1S/C18H28N4O2/c1-3-21(4-2)17(23)10-12-19-18(24)20-15-11-13-22(14-15)16-8-6-5-7-9-16/h5-9,15H,3-4,10-14H2,1-2H3,(H2,19,20,24)/t15-/m0/s1. The summed E-state index contributed by atoms with van der Waals surface area (Å²) < 4.78 is 0. The minimum absolute atomic E-state index is 0.0800. The molecule has 1 saturated heterocycles. The Kier molecular flexibility index (Phi) is 6.90. The van der Waals surface area contributed by atoms with Crippen LogP contribution < -0.4 is 15.5 Å². The molecule has 1 aliphatic heterocycles. The van der Waals surface area contributed by atoms with Gasteiger partial charge in [0, 0.05) is 50.9 Å². The molecule has 3 amide bonds. The van der Waals surface area contributed by atoms with Gasteiger partial charge in [0.15, 0.2) is 0 Å². The average Bonchev–Trinajstić information content (AvgIpc) is 3.05. The maximum absolute atomic E-state index is 12.0. The van der Waals surface area contributed by atoms with E-state index in [1.807, 2.05) is 32.0 Å². The predicted molar refractivity (Wildman–Crippen MR) is 96.1 cm³/mol. The van der Waals surface area contributed by atoms with Crippen molar-refractivity contribution >= 4 is 17.6 Å². The van der Waals surface area contributed by atoms with E-state index in [4.69, 9.17) is 0 Å². The Bertz CT molecular complexity index is 531. The average molecular weight is 332 g/mol. The Morgan fingerprint density at radius 2 is 1.92 bits per heavy atom. The number of hydrogen-bond donors (Lipinski definition) is 2. The van der Waals surface area contributed by atoms with Crippen molar-refractivity contribution in [2.75, 3.05) is 37.6 Å². The summed E-state index contributed by atoms with van der Waals surface area (Å²) in [5, 5.41) is 5.77. The molecule has 1 aliphatic rings. The molecule has 1 heterocycles. The van der Waals surface area contributed by atoms with Crippen molar-refractivity contribution in [1.29, 1.82) is 0 Å². The maximum Gasteiger partial charge on any atom is 0.315 e. The Hall–Kier alpha value is -2.24. The van der Waals surface area contributed by atoms with Gasteiger partial charge in [-0.2, -0.15) is 0 Å². The molecule has 0 saturated carbocycles. The number of para-hydroxylation sites is 1. The zero-order chi connectivity index (χ0) is 17.4. The van der Waals surface area contributed by atoms with Crippen molar-refractivity contribution in [3.05, 3.63) is 30.3 Å². The largest absolute Gasteiger partial charge is 0.369 e. The van der Waals surface area contributed by atoms with E-state index in [0.29, 0.717) is 26.1 Å². The van der Waals surface area contributed by atoms with E-state index >= 15 is 0 Å². The molecule has 1 aromatic rings. The molecule has 132 valence electrons. The van der Waals surface area contributed by atoms with Crippen LogP contribution in [0.4, 0.5) is 10.5 Å². The molecule has 0 unspecified atom stereocenters. The fraction of sp³-hybridized carbons (Fsp3) is 0.556. The highest BCUT2D eigenvalue weighted by molar-refractivity contribution is 5.78. The van der Waals surface area contributed by atoms with Crippen LogP contribution in [0.3, 0.4) is 0 Å². The van der Waals surface area contributed by atoms with Gasteiger partial charge in [-0.1, -0.05) is 18.2 Å². The lowest BCUT2D eigenvalue weighted by molar-refractivity contribution is -0.130. The van der Waals surface area contributed by atoms with Gasteiger partial charge < -0.3 is 20.4 Å². The van der Waals surface area contributed by atoms with Crippen LogP contribution in [0.1, 0.15) is 26.7 Å². The van der Waals surface area contributed by atoms with Crippen molar-refractivity contribution in [2.45, 2.75) is 32.7 Å². The maximum atomic E-state index is 12.0. The number of amides is 3. The fourth-order valence-corrected chi connectivity index (χ4v) is 3.01. The van der Waals surface area contributed by atoms with Gasteiger partial charge in [-0.05, 0) is 32.4 Å². The molecule has 24 heavy (non-hydrogen) atoms. The summed E-state index contributed by atoms with van der Waals surface area (Å²) in [4.78, 5) is 27.9. The van der Waals surface area contributed by atoms with E-state index in [9.17, 15) is 9.59 Å². The van der Waals surface area contributed by atoms with Gasteiger partial charge in [-0.25, -0.2) is 4.79 Å². The molecule has 1 atom stereocenters. The van der Waals surface area contributed by atoms with Crippen molar-refractivity contribution in [2.24, 2.45) is 0 Å². The first-order valence-corrected chi connectivity index (χ1v) is 8.76. The molecule has 1 fully saturated rings. The summed E-state index contributed by atoms with van der Waals surface area (Å²) >= 11 is 0. The van der Waals surface area contributed by atoms with Crippen LogP contribution in [-0.2, 0) is 4.79 Å². The van der Waals surface area contributed by atoms with Gasteiger partial charge in [-0.15, -0.1) is 0 Å². The number of carbonyl (C=O) groups excluding carboxylic acids is 2. The molecule has 6 heteroatoms. The van der Waals surface area contributed by atoms with Crippen molar-refractivity contribution in [3.63, 3.8) is 0 Å². The lowest BCUT2D eigenvalue weighted by Gasteiger charge is -2.20. The summed E-state index contributed by atoms with van der Waals surface area (Å²) in [5.41, 5.74) is 1.19. The van der Waals surface area contributed by atoms with Crippen LogP contribution >= 0.6 is 0 Å². The molecule has 2 rings (SSSR count). The topological polar surface area (TPSA) is 64.7 Å². The van der Waals surface area contributed by atoms with E-state index in [0.717, 1.165) is 19.5 Å². The van der Waals surface area contributed by atoms with Gasteiger partial charge in [0.25, 0.3) is 0 Å². The van der Waals surface area contributed by atoms with Crippen LogP contribution in [0.25, 0.3) is 0 Å². The molecule has 2 N–H and O–H groups in total. The first-order valence-electron chi connectivity index (χ1n) is 8.76. The van der Waals surface area contributed by atoms with Crippen molar-refractivity contribution in [3.8, 4) is 0 Å². The van der Waals surface area contributed by atoms with Crippen LogP contribution in [0.15, 0.2) is 30.3 Å². The number of nitrogens with zero attached hydrogens (tertiary/aromatic N) is 2. The zero-order valence-corrected chi connectivity index (χ0v) is 14.6. The highest BCUT2D eigenvalue weighted by Crippen LogP contribution is 2.19. The molecule has 0 radical (unpaired) electrons. The summed E-state index contributed by atoms with van der Waals surface area (Å²) in [5.74, 6) is 0.0800. The minimum Gasteiger partial charge on any atom is -0.369 e. The lowest BCUT2D eigenvalue weighted by atomic mass is 10.3. The molecular weight excluding hydrogens is 304 g/mol. The smallest absolute Gasteiger partial charge is 0.315 e. The highest BCUT2D eigenvalue weighted by Gasteiger charge is 2.23. The lowest BCUT2D eigenvalue weighted by Crippen LogP contribution is -2.44. The second-order valence-corrected chi connectivity index (χ2v) is 5.98. The summed E-state index contributed by atoms with van der Waals surface area (Å²) in [7, 11) is 0. The Labute approximate surface area is 144 Å². The fourth-order valence-electron chi connectivity index (χ4n) is 3.01. The summed E-state index contributed by atoms with van der Waals surface area (Å²) in [6.07, 6.45) is 1.27. The third-order valence-corrected chi connectivity index (χ3v) is 4.39. The van der Waals surface area contributed by atoms with Gasteiger partial charge in [-0.3, -0.25) is 4.79 Å². The predicted octanol–water partition coefficient (Wildman–Crippen LogP) is 1.82. The van der Waals surface area contributed by atoms with Gasteiger partial charge in [0.05, 0.1) is 0 Å². The number of benzene rings is 1. The first-order chi connectivity index (χ1) is 11.6. The Morgan fingerprint density at radius 1 is 1.21 bits per heavy atom. The first kappa shape index (κ1) is 18.1. The molecular formula is C18H28N4O2. The summed E-state index contributed by atoms with van der Waals surface area (Å²) in [6.45, 7) is 7.46. The van der Waals surface area contributed by atoms with E-state index in [2.05, 4.69) is 27.7 Å². The van der Waals surface area contributed by atoms with E-state index in [-0.39, 0.29) is 18.0 Å². The minimum atomic E-state index is -0.192. The normalized spacial score (nSPS) is 16.8. The highest BCUT2D eigenvalue weighted by atomic mass is 16.2. The second-order valence-electron chi connectivity index (χ2n) is 5.98. The second kappa shape index (κ2) is 9.15. The number of urea groups is 1. The number of carbonyl (C=O) groups is 2. The van der Waals surface area contributed by atoms with Crippen LogP contribution in [-0.4, -0.2) is 55.6 Å². The van der Waals surface area contributed by atoms with Crippen LogP contribution in [0, 0.1) is 0 Å².